The smallest absolute Gasteiger partial charge is 0.0422 e. The van der Waals surface area contributed by atoms with Gasteiger partial charge in [-0.2, -0.15) is 0 Å². The Balaban J connectivity index is 2.10. The van der Waals surface area contributed by atoms with Crippen LogP contribution in [0.15, 0.2) is 36.4 Å². The van der Waals surface area contributed by atoms with Crippen LogP contribution in [0.1, 0.15) is 22.3 Å². The minimum atomic E-state index is 1.04. The van der Waals surface area contributed by atoms with Crippen LogP contribution in [-0.4, -0.2) is 0 Å². The molecule has 3 rings (SSSR count). The third-order valence-electron chi connectivity index (χ3n) is 3.18. The topological polar surface area (TPSA) is 12.0 Å². The van der Waals surface area contributed by atoms with Gasteiger partial charge in [0.2, 0.25) is 0 Å². The molecule has 0 aromatic heterocycles. The molecule has 1 aliphatic rings. The van der Waals surface area contributed by atoms with E-state index in [2.05, 4.69) is 55.6 Å². The summed E-state index contributed by atoms with van der Waals surface area (Å²) in [5.41, 5.74) is 7.92. The average Bonchev–Trinajstić information content (AvgIpc) is 2.26. The van der Waals surface area contributed by atoms with E-state index in [1.165, 1.54) is 33.6 Å². The third-order valence-corrected chi connectivity index (χ3v) is 3.18. The fourth-order valence-electron chi connectivity index (χ4n) is 2.27. The number of benzene rings is 2. The second-order valence-corrected chi connectivity index (χ2v) is 4.62. The van der Waals surface area contributed by atoms with Crippen molar-refractivity contribution in [3.8, 4) is 0 Å². The first kappa shape index (κ1) is 9.46. The van der Waals surface area contributed by atoms with Crippen LogP contribution >= 0.6 is 0 Å². The molecule has 1 aliphatic heterocycles. The van der Waals surface area contributed by atoms with Gasteiger partial charge >= 0.3 is 0 Å². The predicted octanol–water partition coefficient (Wildman–Crippen LogP) is 3.95. The van der Waals surface area contributed by atoms with Crippen LogP contribution in [0.4, 0.5) is 11.4 Å². The molecule has 0 fully saturated rings. The third kappa shape index (κ3) is 1.49. The van der Waals surface area contributed by atoms with Gasteiger partial charge in [-0.05, 0) is 48.2 Å². The van der Waals surface area contributed by atoms with Crippen molar-refractivity contribution in [3.05, 3.63) is 58.7 Å². The number of nitrogens with one attached hydrogen (secondary N) is 1. The first-order chi connectivity index (χ1) is 7.72. The lowest BCUT2D eigenvalue weighted by molar-refractivity contribution is 1.15. The molecule has 0 aliphatic carbocycles. The summed E-state index contributed by atoms with van der Waals surface area (Å²) in [4.78, 5) is 0. The lowest BCUT2D eigenvalue weighted by Crippen LogP contribution is -2.07. The highest BCUT2D eigenvalue weighted by molar-refractivity contribution is 5.72. The second kappa shape index (κ2) is 3.38. The molecule has 0 spiro atoms. The van der Waals surface area contributed by atoms with Gasteiger partial charge in [-0.15, -0.1) is 0 Å². The van der Waals surface area contributed by atoms with Gasteiger partial charge in [0, 0.05) is 17.8 Å². The fourth-order valence-corrected chi connectivity index (χ4v) is 2.27. The van der Waals surface area contributed by atoms with E-state index in [1.54, 1.807) is 0 Å². The van der Waals surface area contributed by atoms with Gasteiger partial charge in [-0.1, -0.05) is 24.3 Å². The Bertz CT molecular complexity index is 506. The first-order valence-electron chi connectivity index (χ1n) is 5.68. The highest BCUT2D eigenvalue weighted by Gasteiger charge is 2.14. The van der Waals surface area contributed by atoms with E-state index < -0.39 is 0 Å². The molecule has 0 unspecified atom stereocenters. The molecule has 2 aromatic carbocycles. The molecular formula is C15H15N. The number of rotatable bonds is 0. The Labute approximate surface area is 96.1 Å². The maximum atomic E-state index is 3.52. The predicted molar refractivity (Wildman–Crippen MR) is 68.4 cm³/mol. The van der Waals surface area contributed by atoms with Crippen molar-refractivity contribution < 1.29 is 0 Å². The van der Waals surface area contributed by atoms with Gasteiger partial charge in [-0.25, -0.2) is 0 Å². The lowest BCUT2D eigenvalue weighted by Gasteiger charge is -2.22. The summed E-state index contributed by atoms with van der Waals surface area (Å²) in [7, 11) is 0. The van der Waals surface area contributed by atoms with Crippen molar-refractivity contribution in [2.45, 2.75) is 20.3 Å². The molecule has 0 amide bonds. The Morgan fingerprint density at radius 2 is 1.31 bits per heavy atom. The monoisotopic (exact) mass is 209 g/mol. The fraction of sp³-hybridized carbons (Fsp3) is 0.200. The number of fused-ring (bicyclic) bond motifs is 2. The minimum absolute atomic E-state index is 1.04. The molecule has 1 nitrogen and oxygen atoms in total. The largest absolute Gasteiger partial charge is 0.355 e. The van der Waals surface area contributed by atoms with E-state index in [4.69, 9.17) is 0 Å². The standard InChI is InChI=1S/C15H15N/c1-10-3-5-12-9-13-6-4-11(2)8-15(13)16-14(12)7-10/h3-8,16H,9H2,1-2H3. The zero-order valence-electron chi connectivity index (χ0n) is 9.67. The molecule has 0 radical (unpaired) electrons. The Morgan fingerprint density at radius 3 is 1.81 bits per heavy atom. The maximum Gasteiger partial charge on any atom is 0.0422 e. The van der Waals surface area contributed by atoms with Crippen LogP contribution in [0.3, 0.4) is 0 Å². The molecule has 80 valence electrons. The summed E-state index contributed by atoms with van der Waals surface area (Å²) in [6.45, 7) is 4.27. The van der Waals surface area contributed by atoms with E-state index in [0.717, 1.165) is 6.42 Å². The Morgan fingerprint density at radius 1 is 0.812 bits per heavy atom. The van der Waals surface area contributed by atoms with Gasteiger partial charge < -0.3 is 5.32 Å². The highest BCUT2D eigenvalue weighted by Crippen LogP contribution is 2.33. The lowest BCUT2D eigenvalue weighted by atomic mass is 9.95. The second-order valence-electron chi connectivity index (χ2n) is 4.62. The molecule has 0 bridgehead atoms. The van der Waals surface area contributed by atoms with Crippen molar-refractivity contribution in [1.82, 2.24) is 0 Å². The van der Waals surface area contributed by atoms with Gasteiger partial charge in [0.25, 0.3) is 0 Å². The maximum absolute atomic E-state index is 3.52. The van der Waals surface area contributed by atoms with E-state index >= 15 is 0 Å². The van der Waals surface area contributed by atoms with E-state index in [1.807, 2.05) is 0 Å². The van der Waals surface area contributed by atoms with Crippen molar-refractivity contribution in [3.63, 3.8) is 0 Å². The molecule has 1 N–H and O–H groups in total. The van der Waals surface area contributed by atoms with Crippen molar-refractivity contribution in [2.75, 3.05) is 5.32 Å². The minimum Gasteiger partial charge on any atom is -0.355 e. The first-order valence-corrected chi connectivity index (χ1v) is 5.68. The van der Waals surface area contributed by atoms with Crippen molar-refractivity contribution in [1.29, 1.82) is 0 Å². The summed E-state index contributed by atoms with van der Waals surface area (Å²) >= 11 is 0. The SMILES string of the molecule is Cc1ccc2c(c1)Nc1cc(C)ccc1C2. The molecule has 0 atom stereocenters. The summed E-state index contributed by atoms with van der Waals surface area (Å²) in [5.74, 6) is 0. The molecule has 2 aromatic rings. The molecule has 1 heterocycles. The van der Waals surface area contributed by atoms with Gasteiger partial charge in [0.15, 0.2) is 0 Å². The highest BCUT2D eigenvalue weighted by atomic mass is 14.9. The summed E-state index contributed by atoms with van der Waals surface area (Å²) in [6.07, 6.45) is 1.04. The van der Waals surface area contributed by atoms with Gasteiger partial charge in [0.05, 0.1) is 0 Å². The molecule has 1 heteroatoms. The van der Waals surface area contributed by atoms with Crippen LogP contribution in [0.25, 0.3) is 0 Å². The number of hydrogen-bond acceptors (Lipinski definition) is 1. The number of hydrogen-bond donors (Lipinski definition) is 1. The van der Waals surface area contributed by atoms with E-state index in [9.17, 15) is 0 Å². The van der Waals surface area contributed by atoms with Crippen LogP contribution in [0.2, 0.25) is 0 Å². The van der Waals surface area contributed by atoms with Gasteiger partial charge in [0.1, 0.15) is 0 Å². The number of anilines is 2. The summed E-state index contributed by atoms with van der Waals surface area (Å²) < 4.78 is 0. The molecule has 0 saturated carbocycles. The normalized spacial score (nSPS) is 12.6. The summed E-state index contributed by atoms with van der Waals surface area (Å²) in [5, 5.41) is 3.52. The zero-order valence-corrected chi connectivity index (χ0v) is 9.67. The Hall–Kier alpha value is -1.76. The molecule has 0 saturated heterocycles. The molecule has 16 heavy (non-hydrogen) atoms. The van der Waals surface area contributed by atoms with Crippen molar-refractivity contribution >= 4 is 11.4 Å². The van der Waals surface area contributed by atoms with Crippen LogP contribution < -0.4 is 5.32 Å². The Kier molecular flexibility index (Phi) is 2.00. The molecular weight excluding hydrogens is 194 g/mol. The van der Waals surface area contributed by atoms with Gasteiger partial charge in [-0.3, -0.25) is 0 Å². The van der Waals surface area contributed by atoms with E-state index in [-0.39, 0.29) is 0 Å². The van der Waals surface area contributed by atoms with Crippen LogP contribution in [0, 0.1) is 13.8 Å². The van der Waals surface area contributed by atoms with Crippen LogP contribution in [0.5, 0.6) is 0 Å². The van der Waals surface area contributed by atoms with E-state index in [0.29, 0.717) is 0 Å². The van der Waals surface area contributed by atoms with Crippen molar-refractivity contribution in [2.24, 2.45) is 0 Å². The average molecular weight is 209 g/mol. The van der Waals surface area contributed by atoms with Crippen LogP contribution in [-0.2, 0) is 6.42 Å². The zero-order chi connectivity index (χ0) is 11.1. The summed E-state index contributed by atoms with van der Waals surface area (Å²) in [6, 6.07) is 13.3. The quantitative estimate of drug-likeness (QED) is 0.591. The number of aryl methyl sites for hydroxylation is 2.